The summed E-state index contributed by atoms with van der Waals surface area (Å²) < 4.78 is 39.0. The fraction of sp³-hybridized carbons (Fsp3) is 0.0769. The number of halogens is 3. The van der Waals surface area contributed by atoms with Gasteiger partial charge >= 0.3 is 6.18 Å². The zero-order valence-electron chi connectivity index (χ0n) is 12.2. The van der Waals surface area contributed by atoms with Crippen LogP contribution in [0.2, 0.25) is 0 Å². The number of alkyl halides is 3. The van der Waals surface area contributed by atoms with Crippen LogP contribution in [0.25, 0.3) is 10.2 Å². The molecule has 7 nitrogen and oxygen atoms in total. The van der Waals surface area contributed by atoms with Gasteiger partial charge in [-0.05, 0) is 12.1 Å². The maximum absolute atomic E-state index is 13.0. The Balaban J connectivity index is 1.87. The first-order valence-electron chi connectivity index (χ1n) is 6.57. The number of thiazole rings is 2. The number of carbonyl (C=O) groups is 1. The van der Waals surface area contributed by atoms with Gasteiger partial charge in [0, 0.05) is 5.38 Å². The molecular weight excluding hydrogens is 377 g/mol. The largest absolute Gasteiger partial charge is 0.417 e. The van der Waals surface area contributed by atoms with Gasteiger partial charge in [0.25, 0.3) is 5.91 Å². The normalized spacial score (nSPS) is 11.5. The van der Waals surface area contributed by atoms with Crippen LogP contribution in [0, 0.1) is 0 Å². The van der Waals surface area contributed by atoms with Gasteiger partial charge in [0.15, 0.2) is 11.1 Å². The van der Waals surface area contributed by atoms with Gasteiger partial charge in [-0.2, -0.15) is 18.2 Å². The monoisotopic (exact) mass is 386 g/mol. The van der Waals surface area contributed by atoms with Crippen molar-refractivity contribution in [1.29, 1.82) is 0 Å². The molecule has 0 unspecified atom stereocenters. The second-order valence-electron chi connectivity index (χ2n) is 4.68. The number of benzene rings is 1. The van der Waals surface area contributed by atoms with Crippen molar-refractivity contribution < 1.29 is 18.0 Å². The van der Waals surface area contributed by atoms with Gasteiger partial charge in [0.05, 0.1) is 15.8 Å². The number of nitrogens with two attached hydrogens (primary N) is 2. The molecule has 0 saturated heterocycles. The summed E-state index contributed by atoms with van der Waals surface area (Å²) in [6, 6.07) is 3.67. The first-order chi connectivity index (χ1) is 11.7. The molecule has 12 heteroatoms. The third-order valence-electron chi connectivity index (χ3n) is 2.89. The smallest absolute Gasteiger partial charge is 0.370 e. The second kappa shape index (κ2) is 6.29. The predicted octanol–water partition coefficient (Wildman–Crippen LogP) is 2.93. The van der Waals surface area contributed by atoms with Crippen LogP contribution >= 0.6 is 22.7 Å². The molecular formula is C13H9F3N6OS2. The van der Waals surface area contributed by atoms with E-state index in [1.165, 1.54) is 17.5 Å². The summed E-state index contributed by atoms with van der Waals surface area (Å²) in [4.78, 5) is 23.8. The summed E-state index contributed by atoms with van der Waals surface area (Å²) in [7, 11) is 0. The zero-order valence-corrected chi connectivity index (χ0v) is 13.8. The standard InChI is InChI=1S/C13H9F3N6OS2/c14-13(15,16)5-2-1-3-6-8(5)25-12(19-6)21-9(23)7-4-24-11(20-7)22-10(17)18/h1-4H,(H,19,21,23)(H4,17,18,20,22). The Hall–Kier alpha value is -2.73. The molecule has 0 aliphatic carbocycles. The highest BCUT2D eigenvalue weighted by atomic mass is 32.1. The molecule has 25 heavy (non-hydrogen) atoms. The Bertz CT molecular complexity index is 974. The van der Waals surface area contributed by atoms with Crippen LogP contribution < -0.4 is 16.8 Å². The van der Waals surface area contributed by atoms with Crippen molar-refractivity contribution in [1.82, 2.24) is 9.97 Å². The molecule has 0 saturated carbocycles. The van der Waals surface area contributed by atoms with E-state index >= 15 is 0 Å². The summed E-state index contributed by atoms with van der Waals surface area (Å²) in [6.45, 7) is 0. The maximum Gasteiger partial charge on any atom is 0.417 e. The van der Waals surface area contributed by atoms with Crippen molar-refractivity contribution in [3.63, 3.8) is 0 Å². The summed E-state index contributed by atoms with van der Waals surface area (Å²) in [5, 5.41) is 4.07. The molecule has 0 radical (unpaired) electrons. The van der Waals surface area contributed by atoms with Gasteiger partial charge in [0.1, 0.15) is 5.69 Å². The molecule has 0 atom stereocenters. The van der Waals surface area contributed by atoms with Gasteiger partial charge in [-0.3, -0.25) is 10.1 Å². The Labute approximate surface area is 146 Å². The first-order valence-corrected chi connectivity index (χ1v) is 8.27. The van der Waals surface area contributed by atoms with E-state index < -0.39 is 17.6 Å². The lowest BCUT2D eigenvalue weighted by atomic mass is 10.2. The SMILES string of the molecule is NC(N)=Nc1nc(C(=O)Nc2nc3cccc(C(F)(F)F)c3s2)cs1. The van der Waals surface area contributed by atoms with E-state index in [-0.39, 0.29) is 32.1 Å². The molecule has 130 valence electrons. The van der Waals surface area contributed by atoms with Crippen molar-refractivity contribution in [2.24, 2.45) is 16.5 Å². The number of hydrogen-bond donors (Lipinski definition) is 3. The van der Waals surface area contributed by atoms with Gasteiger partial charge in [-0.15, -0.1) is 11.3 Å². The number of hydrogen-bond acceptors (Lipinski definition) is 6. The van der Waals surface area contributed by atoms with E-state index in [0.717, 1.165) is 28.7 Å². The minimum atomic E-state index is -4.50. The summed E-state index contributed by atoms with van der Waals surface area (Å²) in [5.74, 6) is -0.826. The Kier molecular flexibility index (Phi) is 4.30. The van der Waals surface area contributed by atoms with E-state index in [9.17, 15) is 18.0 Å². The Morgan fingerprint density at radius 2 is 2.00 bits per heavy atom. The quantitative estimate of drug-likeness (QED) is 0.472. The molecule has 0 aliphatic heterocycles. The number of carbonyl (C=O) groups excluding carboxylic acids is 1. The number of rotatable bonds is 3. The Morgan fingerprint density at radius 1 is 1.24 bits per heavy atom. The van der Waals surface area contributed by atoms with Crippen LogP contribution in [0.5, 0.6) is 0 Å². The van der Waals surface area contributed by atoms with E-state index in [1.807, 2.05) is 0 Å². The van der Waals surface area contributed by atoms with E-state index in [4.69, 9.17) is 11.5 Å². The number of guanidine groups is 1. The lowest BCUT2D eigenvalue weighted by Crippen LogP contribution is -2.21. The Morgan fingerprint density at radius 3 is 2.68 bits per heavy atom. The predicted molar refractivity (Wildman–Crippen MR) is 90.2 cm³/mol. The average molecular weight is 386 g/mol. The third kappa shape index (κ3) is 3.69. The zero-order chi connectivity index (χ0) is 18.2. The van der Waals surface area contributed by atoms with Gasteiger partial charge in [0.2, 0.25) is 5.13 Å². The van der Waals surface area contributed by atoms with Crippen molar-refractivity contribution in [3.05, 3.63) is 34.8 Å². The molecule has 2 aromatic heterocycles. The van der Waals surface area contributed by atoms with Gasteiger partial charge in [-0.1, -0.05) is 17.4 Å². The number of aliphatic imine (C=N–C) groups is 1. The molecule has 3 rings (SSSR count). The van der Waals surface area contributed by atoms with E-state index in [0.29, 0.717) is 0 Å². The minimum Gasteiger partial charge on any atom is -0.370 e. The fourth-order valence-corrected chi connectivity index (χ4v) is 3.60. The summed E-state index contributed by atoms with van der Waals surface area (Å²) >= 11 is 1.78. The number of amides is 1. The lowest BCUT2D eigenvalue weighted by molar-refractivity contribution is -0.136. The molecule has 2 heterocycles. The highest BCUT2D eigenvalue weighted by Crippen LogP contribution is 2.38. The molecule has 1 amide bonds. The average Bonchev–Trinajstić information content (AvgIpc) is 3.10. The number of fused-ring (bicyclic) bond motifs is 1. The van der Waals surface area contributed by atoms with Crippen LogP contribution in [0.3, 0.4) is 0 Å². The first kappa shape index (κ1) is 17.1. The lowest BCUT2D eigenvalue weighted by Gasteiger charge is -2.06. The summed E-state index contributed by atoms with van der Waals surface area (Å²) in [5.41, 5.74) is 9.82. The minimum absolute atomic E-state index is 0.0281. The fourth-order valence-electron chi connectivity index (χ4n) is 1.92. The van der Waals surface area contributed by atoms with Crippen LogP contribution in [-0.2, 0) is 6.18 Å². The highest BCUT2D eigenvalue weighted by Gasteiger charge is 2.33. The molecule has 0 spiro atoms. The van der Waals surface area contributed by atoms with Crippen molar-refractivity contribution >= 4 is 55.0 Å². The van der Waals surface area contributed by atoms with Crippen LogP contribution in [0.4, 0.5) is 23.4 Å². The highest BCUT2D eigenvalue weighted by molar-refractivity contribution is 7.22. The van der Waals surface area contributed by atoms with Crippen molar-refractivity contribution in [3.8, 4) is 0 Å². The molecule has 0 bridgehead atoms. The van der Waals surface area contributed by atoms with Gasteiger partial charge < -0.3 is 11.5 Å². The molecule has 1 aromatic carbocycles. The molecule has 5 N–H and O–H groups in total. The number of anilines is 1. The van der Waals surface area contributed by atoms with Crippen LogP contribution in [0.15, 0.2) is 28.6 Å². The van der Waals surface area contributed by atoms with Gasteiger partial charge in [-0.25, -0.2) is 9.97 Å². The maximum atomic E-state index is 13.0. The van der Waals surface area contributed by atoms with Crippen LogP contribution in [0.1, 0.15) is 16.1 Å². The second-order valence-corrected chi connectivity index (χ2v) is 6.51. The number of aromatic nitrogens is 2. The third-order valence-corrected chi connectivity index (χ3v) is 4.64. The van der Waals surface area contributed by atoms with E-state index in [2.05, 4.69) is 20.3 Å². The van der Waals surface area contributed by atoms with Crippen molar-refractivity contribution in [2.45, 2.75) is 6.18 Å². The molecule has 0 aliphatic rings. The topological polar surface area (TPSA) is 119 Å². The van der Waals surface area contributed by atoms with E-state index in [1.54, 1.807) is 0 Å². The van der Waals surface area contributed by atoms with Crippen molar-refractivity contribution in [2.75, 3.05) is 5.32 Å². The van der Waals surface area contributed by atoms with Crippen LogP contribution in [-0.4, -0.2) is 21.8 Å². The number of nitrogens with one attached hydrogen (secondary N) is 1. The molecule has 3 aromatic rings. The number of nitrogens with zero attached hydrogens (tertiary/aromatic N) is 3. The molecule has 0 fully saturated rings. The summed E-state index contributed by atoms with van der Waals surface area (Å²) in [6.07, 6.45) is -4.50.